The molecule has 37 heavy (non-hydrogen) atoms. The first-order valence-electron chi connectivity index (χ1n) is 12.7. The van der Waals surface area contributed by atoms with Crippen molar-refractivity contribution in [2.24, 2.45) is 5.92 Å². The Morgan fingerprint density at radius 2 is 1.73 bits per heavy atom. The number of hydrogen-bond acceptors (Lipinski definition) is 8. The number of anilines is 2. The Hall–Kier alpha value is -3.87. The van der Waals surface area contributed by atoms with Crippen molar-refractivity contribution in [3.63, 3.8) is 0 Å². The third kappa shape index (κ3) is 8.94. The van der Waals surface area contributed by atoms with Gasteiger partial charge in [0.2, 0.25) is 11.9 Å². The Morgan fingerprint density at radius 3 is 2.32 bits per heavy atom. The van der Waals surface area contributed by atoms with Crippen molar-refractivity contribution in [3.05, 3.63) is 36.7 Å². The van der Waals surface area contributed by atoms with Gasteiger partial charge in [0.15, 0.2) is 0 Å². The number of nitriles is 1. The number of nitrogens with zero attached hydrogens (tertiary/aromatic N) is 5. The van der Waals surface area contributed by atoms with Crippen LogP contribution in [0.15, 0.2) is 36.7 Å². The zero-order valence-corrected chi connectivity index (χ0v) is 22.2. The minimum absolute atomic E-state index is 0.0412. The first-order valence-corrected chi connectivity index (χ1v) is 12.7. The first kappa shape index (κ1) is 27.7. The van der Waals surface area contributed by atoms with Gasteiger partial charge in [0, 0.05) is 62.8 Å². The second-order valence-corrected chi connectivity index (χ2v) is 10.3. The lowest BCUT2D eigenvalue weighted by atomic mass is 10.0. The number of hydrogen-bond donors (Lipinski definition) is 2. The average molecular weight is 508 g/mol. The average Bonchev–Trinajstić information content (AvgIpc) is 2.87. The second-order valence-electron chi connectivity index (χ2n) is 10.3. The Kier molecular flexibility index (Phi) is 9.66. The van der Waals surface area contributed by atoms with Crippen LogP contribution in [0, 0.1) is 17.2 Å². The lowest BCUT2D eigenvalue weighted by molar-refractivity contribution is -0.121. The maximum absolute atomic E-state index is 12.3. The molecule has 1 aliphatic heterocycles. The summed E-state index contributed by atoms with van der Waals surface area (Å²) >= 11 is 0. The van der Waals surface area contributed by atoms with E-state index in [1.165, 1.54) is 0 Å². The zero-order chi connectivity index (χ0) is 26.8. The highest BCUT2D eigenvalue weighted by molar-refractivity contribution is 5.76. The minimum atomic E-state index is -0.487. The van der Waals surface area contributed by atoms with E-state index in [-0.39, 0.29) is 24.5 Å². The van der Waals surface area contributed by atoms with Crippen LogP contribution in [0.2, 0.25) is 0 Å². The Bertz CT molecular complexity index is 1070. The summed E-state index contributed by atoms with van der Waals surface area (Å²) in [4.78, 5) is 36.8. The van der Waals surface area contributed by atoms with Gasteiger partial charge in [-0.1, -0.05) is 19.1 Å². The quantitative estimate of drug-likeness (QED) is 0.493. The number of carbonyl (C=O) groups excluding carboxylic acids is 2. The Morgan fingerprint density at radius 1 is 1.08 bits per heavy atom. The molecule has 1 aromatic carbocycles. The molecular formula is C27H37N7O3. The standard InChI is InChI=1S/C27H37N7O3/c1-20(17-24(35)29-12-10-28)9-11-30-25-31-18-22(19-32-25)21-5-7-23(8-6-21)33-13-15-34(16-14-33)26(36)37-27(2,3)4/h5-8,18-20H,9,11-17H2,1-4H3,(H,29,35)(H,30,31,32). The van der Waals surface area contributed by atoms with E-state index in [0.29, 0.717) is 32.0 Å². The van der Waals surface area contributed by atoms with E-state index in [4.69, 9.17) is 10.00 Å². The number of amides is 2. The van der Waals surface area contributed by atoms with E-state index in [9.17, 15) is 9.59 Å². The molecule has 10 heteroatoms. The van der Waals surface area contributed by atoms with E-state index < -0.39 is 5.60 Å². The highest BCUT2D eigenvalue weighted by atomic mass is 16.6. The number of benzene rings is 1. The molecule has 1 unspecified atom stereocenters. The van der Waals surface area contributed by atoms with Gasteiger partial charge in [0.05, 0.1) is 6.07 Å². The van der Waals surface area contributed by atoms with E-state index >= 15 is 0 Å². The molecule has 198 valence electrons. The molecule has 2 heterocycles. The summed E-state index contributed by atoms with van der Waals surface area (Å²) in [7, 11) is 0. The van der Waals surface area contributed by atoms with E-state index in [2.05, 4.69) is 49.8 Å². The summed E-state index contributed by atoms with van der Waals surface area (Å²) < 4.78 is 5.48. The van der Waals surface area contributed by atoms with Crippen molar-refractivity contribution >= 4 is 23.6 Å². The lowest BCUT2D eigenvalue weighted by Crippen LogP contribution is -2.50. The molecule has 2 aromatic rings. The molecule has 1 aromatic heterocycles. The van der Waals surface area contributed by atoms with Crippen molar-refractivity contribution in [1.29, 1.82) is 5.26 Å². The molecule has 0 aliphatic carbocycles. The summed E-state index contributed by atoms with van der Waals surface area (Å²) in [5.74, 6) is 0.623. The maximum atomic E-state index is 12.3. The molecule has 0 bridgehead atoms. The molecule has 2 amide bonds. The zero-order valence-electron chi connectivity index (χ0n) is 22.2. The predicted octanol–water partition coefficient (Wildman–Crippen LogP) is 3.67. The van der Waals surface area contributed by atoms with Crippen LogP contribution in [0.25, 0.3) is 11.1 Å². The fourth-order valence-electron chi connectivity index (χ4n) is 3.97. The first-order chi connectivity index (χ1) is 17.6. The van der Waals surface area contributed by atoms with Crippen molar-refractivity contribution in [3.8, 4) is 17.2 Å². The van der Waals surface area contributed by atoms with Crippen molar-refractivity contribution < 1.29 is 14.3 Å². The fraction of sp³-hybridized carbons (Fsp3) is 0.519. The van der Waals surface area contributed by atoms with Gasteiger partial charge in [-0.3, -0.25) is 4.79 Å². The van der Waals surface area contributed by atoms with Crippen LogP contribution in [-0.2, 0) is 9.53 Å². The number of piperazine rings is 1. The molecule has 1 aliphatic rings. The third-order valence-electron chi connectivity index (χ3n) is 5.97. The number of ether oxygens (including phenoxy) is 1. The summed E-state index contributed by atoms with van der Waals surface area (Å²) in [6.07, 6.45) is 4.51. The molecule has 10 nitrogen and oxygen atoms in total. The number of nitrogens with one attached hydrogen (secondary N) is 2. The van der Waals surface area contributed by atoms with Crippen LogP contribution in [0.1, 0.15) is 40.5 Å². The van der Waals surface area contributed by atoms with Crippen molar-refractivity contribution in [2.45, 2.75) is 46.1 Å². The van der Waals surface area contributed by atoms with E-state index in [1.807, 2.05) is 33.8 Å². The summed E-state index contributed by atoms with van der Waals surface area (Å²) in [5, 5.41) is 14.3. The SMILES string of the molecule is CC(CCNc1ncc(-c2ccc(N3CCN(C(=O)OC(C)(C)C)CC3)cc2)cn1)CC(=O)NCC#N. The Labute approximate surface area is 219 Å². The molecule has 1 saturated heterocycles. The van der Waals surface area contributed by atoms with Gasteiger partial charge >= 0.3 is 6.09 Å². The van der Waals surface area contributed by atoms with Crippen LogP contribution in [0.3, 0.4) is 0 Å². The molecule has 1 atom stereocenters. The number of rotatable bonds is 9. The normalized spacial score (nSPS) is 14.5. The molecule has 0 spiro atoms. The lowest BCUT2D eigenvalue weighted by Gasteiger charge is -2.36. The molecule has 0 radical (unpaired) electrons. The Balaban J connectivity index is 1.45. The van der Waals surface area contributed by atoms with Crippen LogP contribution in [0.5, 0.6) is 0 Å². The van der Waals surface area contributed by atoms with Gasteiger partial charge in [0.25, 0.3) is 0 Å². The topological polar surface area (TPSA) is 123 Å². The van der Waals surface area contributed by atoms with Crippen LogP contribution < -0.4 is 15.5 Å². The summed E-state index contributed by atoms with van der Waals surface area (Å²) in [6, 6.07) is 10.2. The highest BCUT2D eigenvalue weighted by Crippen LogP contribution is 2.24. The van der Waals surface area contributed by atoms with Gasteiger partial charge in [-0.25, -0.2) is 14.8 Å². The molecule has 1 fully saturated rings. The smallest absolute Gasteiger partial charge is 0.410 e. The monoisotopic (exact) mass is 507 g/mol. The molecule has 2 N–H and O–H groups in total. The van der Waals surface area contributed by atoms with Gasteiger partial charge in [0.1, 0.15) is 12.1 Å². The van der Waals surface area contributed by atoms with Crippen LogP contribution in [-0.4, -0.2) is 71.7 Å². The maximum Gasteiger partial charge on any atom is 0.410 e. The van der Waals surface area contributed by atoms with Gasteiger partial charge in [-0.15, -0.1) is 0 Å². The second kappa shape index (κ2) is 12.9. The van der Waals surface area contributed by atoms with Crippen molar-refractivity contribution in [1.82, 2.24) is 20.2 Å². The van der Waals surface area contributed by atoms with E-state index in [0.717, 1.165) is 36.3 Å². The number of aromatic nitrogens is 2. The minimum Gasteiger partial charge on any atom is -0.444 e. The van der Waals surface area contributed by atoms with Gasteiger partial charge in [-0.2, -0.15) is 5.26 Å². The van der Waals surface area contributed by atoms with E-state index in [1.54, 1.807) is 17.3 Å². The molecular weight excluding hydrogens is 470 g/mol. The number of carbonyl (C=O) groups is 2. The van der Waals surface area contributed by atoms with Gasteiger partial charge in [-0.05, 0) is 50.8 Å². The van der Waals surface area contributed by atoms with Crippen LogP contribution in [0.4, 0.5) is 16.4 Å². The molecule has 0 saturated carbocycles. The van der Waals surface area contributed by atoms with Crippen molar-refractivity contribution in [2.75, 3.05) is 49.5 Å². The summed E-state index contributed by atoms with van der Waals surface area (Å²) in [5.41, 5.74) is 2.58. The third-order valence-corrected chi connectivity index (χ3v) is 5.97. The predicted molar refractivity (Wildman–Crippen MR) is 143 cm³/mol. The summed E-state index contributed by atoms with van der Waals surface area (Å²) in [6.45, 7) is 11.1. The largest absolute Gasteiger partial charge is 0.444 e. The highest BCUT2D eigenvalue weighted by Gasteiger charge is 2.26. The fourth-order valence-corrected chi connectivity index (χ4v) is 3.97. The molecule has 3 rings (SSSR count). The van der Waals surface area contributed by atoms with Gasteiger partial charge < -0.3 is 25.2 Å². The van der Waals surface area contributed by atoms with Crippen LogP contribution >= 0.6 is 0 Å².